The summed E-state index contributed by atoms with van der Waals surface area (Å²) in [6, 6.07) is 42.9. The van der Waals surface area contributed by atoms with Gasteiger partial charge in [0.05, 0.1) is 23.9 Å². The first-order valence-corrected chi connectivity index (χ1v) is 31.1. The van der Waals surface area contributed by atoms with E-state index in [1.165, 1.54) is 5.48 Å². The van der Waals surface area contributed by atoms with Crippen molar-refractivity contribution in [2.24, 2.45) is 34.1 Å². The fourth-order valence-electron chi connectivity index (χ4n) is 11.3. The number of nitrogens with one attached hydrogen (secondary N) is 5. The maximum Gasteiger partial charge on any atom is 0.338 e. The average molecular weight is 1260 g/mol. The first-order valence-electron chi connectivity index (χ1n) is 31.1. The molecule has 1 heterocycles. The fraction of sp³-hybridized carbons (Fsp3) is 0.397. The molecule has 0 saturated carbocycles. The number of cyclic esters (lactones) is 1. The Labute approximate surface area is 540 Å². The van der Waals surface area contributed by atoms with Crippen molar-refractivity contribution in [1.82, 2.24) is 26.7 Å². The summed E-state index contributed by atoms with van der Waals surface area (Å²) < 4.78 is 11.4. The van der Waals surface area contributed by atoms with E-state index in [0.717, 1.165) is 55.6 Å². The van der Waals surface area contributed by atoms with E-state index in [1.807, 2.05) is 178 Å². The zero-order valence-corrected chi connectivity index (χ0v) is 54.8. The molecule has 8 atom stereocenters. The highest BCUT2D eigenvalue weighted by molar-refractivity contribution is 5.96. The number of benzene rings is 6. The van der Waals surface area contributed by atoms with Gasteiger partial charge < -0.3 is 47.3 Å². The van der Waals surface area contributed by atoms with Crippen LogP contribution in [0.1, 0.15) is 161 Å². The molecule has 7 rings (SSSR count). The Morgan fingerprint density at radius 1 is 0.543 bits per heavy atom. The Hall–Kier alpha value is -9.04. The summed E-state index contributed by atoms with van der Waals surface area (Å²) >= 11 is 0. The fourth-order valence-corrected chi connectivity index (χ4v) is 11.3. The number of aliphatic hydroxyl groups is 1. The van der Waals surface area contributed by atoms with Crippen LogP contribution in [-0.2, 0) is 51.1 Å². The Morgan fingerprint density at radius 3 is 1.35 bits per heavy atom. The minimum absolute atomic E-state index is 0.112. The lowest BCUT2D eigenvalue weighted by atomic mass is 9.84. The van der Waals surface area contributed by atoms with Crippen LogP contribution in [0.15, 0.2) is 146 Å². The van der Waals surface area contributed by atoms with Gasteiger partial charge in [-0.1, -0.05) is 163 Å². The van der Waals surface area contributed by atoms with Gasteiger partial charge in [-0.2, -0.15) is 0 Å². The number of aliphatic hydroxyl groups excluding tert-OH is 1. The summed E-state index contributed by atoms with van der Waals surface area (Å²) in [5, 5.41) is 31.6. The summed E-state index contributed by atoms with van der Waals surface area (Å²) in [6.45, 7) is 22.1. The van der Waals surface area contributed by atoms with E-state index in [1.54, 1.807) is 44.2 Å². The second-order valence-corrected chi connectivity index (χ2v) is 26.4. The normalized spacial score (nSPS) is 15.9. The molecule has 19 nitrogen and oxygen atoms in total. The van der Waals surface area contributed by atoms with Crippen LogP contribution in [0.25, 0.3) is 22.3 Å². The van der Waals surface area contributed by atoms with Crippen LogP contribution in [0.4, 0.5) is 0 Å². The van der Waals surface area contributed by atoms with Crippen molar-refractivity contribution in [1.29, 1.82) is 0 Å². The van der Waals surface area contributed by atoms with Crippen molar-refractivity contribution in [3.05, 3.63) is 190 Å². The molecular weight excluding hydrogens is 1170 g/mol. The number of carbonyl (C=O) groups is 8. The summed E-state index contributed by atoms with van der Waals surface area (Å²) in [6.07, 6.45) is -0.280. The molecule has 0 aromatic heterocycles. The highest BCUT2D eigenvalue weighted by Crippen LogP contribution is 2.34. The molecule has 19 heteroatoms. The van der Waals surface area contributed by atoms with Gasteiger partial charge in [-0.15, -0.1) is 0 Å². The number of amides is 7. The van der Waals surface area contributed by atoms with E-state index in [2.05, 4.69) is 27.3 Å². The number of ether oxygens (including phenoxy) is 2. The maximum absolute atomic E-state index is 14.0. The number of carbonyl (C=O) groups excluding carboxylic acids is 8. The van der Waals surface area contributed by atoms with Crippen molar-refractivity contribution >= 4 is 47.3 Å². The zero-order chi connectivity index (χ0) is 67.8. The summed E-state index contributed by atoms with van der Waals surface area (Å²) in [5.74, 6) is -7.76. The van der Waals surface area contributed by atoms with Gasteiger partial charge in [-0.25, -0.2) is 10.3 Å². The molecule has 11 N–H and O–H groups in total. The number of rotatable bonds is 25. The van der Waals surface area contributed by atoms with Gasteiger partial charge in [0.15, 0.2) is 6.10 Å². The third-order valence-corrected chi connectivity index (χ3v) is 16.4. The van der Waals surface area contributed by atoms with E-state index in [-0.39, 0.29) is 24.4 Å². The average Bonchev–Trinajstić information content (AvgIpc) is 1.91. The molecule has 1 aliphatic heterocycles. The number of hydrogen-bond donors (Lipinski definition) is 9. The Morgan fingerprint density at radius 2 is 0.967 bits per heavy atom. The molecule has 490 valence electrons. The van der Waals surface area contributed by atoms with Crippen LogP contribution in [0.3, 0.4) is 0 Å². The van der Waals surface area contributed by atoms with Crippen LogP contribution in [-0.4, -0.2) is 87.7 Å². The lowest BCUT2D eigenvalue weighted by Gasteiger charge is -2.33. The monoisotopic (exact) mass is 1260 g/mol. The molecule has 0 radical (unpaired) electrons. The molecule has 0 aliphatic carbocycles. The first-order chi connectivity index (χ1) is 43.3. The van der Waals surface area contributed by atoms with Crippen LogP contribution in [0.5, 0.6) is 0 Å². The molecule has 6 aromatic carbocycles. The van der Waals surface area contributed by atoms with E-state index in [0.29, 0.717) is 43.2 Å². The third-order valence-electron chi connectivity index (χ3n) is 16.4. The first kappa shape index (κ1) is 72.0. The number of hydroxylamine groups is 1. The summed E-state index contributed by atoms with van der Waals surface area (Å²) in [5.41, 5.74) is 21.5. The lowest BCUT2D eigenvalue weighted by molar-refractivity contribution is -0.162. The van der Waals surface area contributed by atoms with E-state index in [4.69, 9.17) is 26.1 Å². The SMILES string of the molecule is Cc1cc(CCC[C@@H](C(=O)N[C@H](C(=O)NC(C)c2ccccc2)C(C)(C)C)C(O)C(=O)NO)ccc1-c1cccc(C(N)=O)c1.Cc1cc(CCC[C@@H](C(=O)N[C@H](C(=O)NC(C)c2ccccc2)C(C)(C)C)C2OC(C)(C)OC2=O)ccc1-c1cccc(C(N)=O)c1. The van der Waals surface area contributed by atoms with Crippen molar-refractivity contribution < 1.29 is 58.1 Å². The second kappa shape index (κ2) is 31.8. The molecule has 1 saturated heterocycles. The Balaban J connectivity index is 0.000000293. The number of esters is 1. The van der Waals surface area contributed by atoms with Crippen LogP contribution in [0.2, 0.25) is 0 Å². The van der Waals surface area contributed by atoms with Crippen LogP contribution >= 0.6 is 0 Å². The number of aryl methyl sites for hydroxylation is 4. The molecule has 0 spiro atoms. The molecule has 6 aromatic rings. The van der Waals surface area contributed by atoms with Gasteiger partial charge in [0.25, 0.3) is 5.91 Å². The molecule has 1 aliphatic rings. The van der Waals surface area contributed by atoms with Crippen molar-refractivity contribution in [2.45, 2.75) is 164 Å². The third kappa shape index (κ3) is 20.0. The molecule has 92 heavy (non-hydrogen) atoms. The predicted octanol–water partition coefficient (Wildman–Crippen LogP) is 9.76. The minimum Gasteiger partial charge on any atom is -0.432 e. The lowest BCUT2D eigenvalue weighted by Crippen LogP contribution is -2.56. The van der Waals surface area contributed by atoms with E-state index in [9.17, 15) is 43.5 Å². The molecule has 0 bridgehead atoms. The largest absolute Gasteiger partial charge is 0.432 e. The highest BCUT2D eigenvalue weighted by Gasteiger charge is 2.48. The Kier molecular flexibility index (Phi) is 24.9. The summed E-state index contributed by atoms with van der Waals surface area (Å²) in [7, 11) is 0. The van der Waals surface area contributed by atoms with Crippen molar-refractivity contribution in [3.63, 3.8) is 0 Å². The highest BCUT2D eigenvalue weighted by atomic mass is 16.8. The zero-order valence-electron chi connectivity index (χ0n) is 54.8. The molecule has 4 unspecified atom stereocenters. The van der Waals surface area contributed by atoms with Crippen molar-refractivity contribution in [2.75, 3.05) is 0 Å². The number of primary amides is 2. The second-order valence-electron chi connectivity index (χ2n) is 26.4. The van der Waals surface area contributed by atoms with Crippen molar-refractivity contribution in [3.8, 4) is 22.3 Å². The van der Waals surface area contributed by atoms with Gasteiger partial charge in [-0.05, 0) is 157 Å². The quantitative estimate of drug-likeness (QED) is 0.0147. The van der Waals surface area contributed by atoms with Gasteiger partial charge >= 0.3 is 5.97 Å². The summed E-state index contributed by atoms with van der Waals surface area (Å²) in [4.78, 5) is 103. The minimum atomic E-state index is -1.83. The Bertz CT molecular complexity index is 3580. The standard InChI is InChI=1S/C38H47N3O6.C35H44N4O6/c1-23-21-25(19-20-29(23)27-16-12-17-28(22-27)33(39)42)13-11-18-30(31-36(45)47-38(6,7)46-31)34(43)41-32(37(3,4)5)35(44)40-24(2)26-14-9-8-10-15-26;1-21-19-23(17-18-27(21)25-14-10-15-26(20-25)31(36)41)11-9-16-28(29(40)33(43)39-45)32(42)38-30(35(3,4)5)34(44)37-22(2)24-12-7-6-8-13-24/h8-10,12,14-17,19-22,24,30-32H,11,13,18H2,1-7H3,(H2,39,42)(H,40,44)(H,41,43);6-8,10,12-15,17-20,22,28-30,40,45H,9,11,16H2,1-5H3,(H2,36,41)(H,37,44)(H,38,42)(H,39,43)/t24?,30-,31?,32-;22?,28-,29?,30-/m11/s1. The van der Waals surface area contributed by atoms with Crippen LogP contribution < -0.4 is 38.2 Å². The van der Waals surface area contributed by atoms with E-state index < -0.39 is 94.2 Å². The van der Waals surface area contributed by atoms with Gasteiger partial charge in [-0.3, -0.25) is 38.8 Å². The topological polar surface area (TPSA) is 308 Å². The predicted molar refractivity (Wildman–Crippen MR) is 353 cm³/mol. The molecular formula is C73H91N7O12. The van der Waals surface area contributed by atoms with Gasteiger partial charge in [0, 0.05) is 25.0 Å². The van der Waals surface area contributed by atoms with E-state index >= 15 is 0 Å². The van der Waals surface area contributed by atoms with Gasteiger partial charge in [0.2, 0.25) is 41.2 Å². The number of nitrogens with two attached hydrogens (primary N) is 2. The molecule has 1 fully saturated rings. The van der Waals surface area contributed by atoms with Crippen LogP contribution in [0, 0.1) is 36.5 Å². The van der Waals surface area contributed by atoms with Gasteiger partial charge in [0.1, 0.15) is 18.2 Å². The number of hydrogen-bond acceptors (Lipinski definition) is 12. The smallest absolute Gasteiger partial charge is 0.338 e. The molecule has 7 amide bonds. The maximum atomic E-state index is 14.0.